The molecule has 1 aromatic rings. The molecule has 1 saturated carbocycles. The quantitative estimate of drug-likeness (QED) is 0.554. The summed E-state index contributed by atoms with van der Waals surface area (Å²) in [5.74, 6) is 0. The third-order valence-corrected chi connectivity index (χ3v) is 2.62. The Morgan fingerprint density at radius 1 is 1.18 bits per heavy atom. The number of hydrogen-bond acceptors (Lipinski definition) is 1. The Labute approximate surface area is 66.0 Å². The SMILES string of the molecule is c1ccc(C2OC23CC3)cc1. The molecule has 1 spiro atoms. The van der Waals surface area contributed by atoms with Crippen LogP contribution in [0.5, 0.6) is 0 Å². The molecule has 1 unspecified atom stereocenters. The van der Waals surface area contributed by atoms with E-state index in [1.54, 1.807) is 0 Å². The summed E-state index contributed by atoms with van der Waals surface area (Å²) in [7, 11) is 0. The van der Waals surface area contributed by atoms with Crippen molar-refractivity contribution < 1.29 is 4.74 Å². The highest BCUT2D eigenvalue weighted by molar-refractivity contribution is 5.30. The molecule has 1 saturated heterocycles. The second-order valence-corrected chi connectivity index (χ2v) is 3.47. The number of ether oxygens (including phenoxy) is 1. The highest BCUT2D eigenvalue weighted by Crippen LogP contribution is 2.65. The molecule has 11 heavy (non-hydrogen) atoms. The number of hydrogen-bond donors (Lipinski definition) is 0. The van der Waals surface area contributed by atoms with Gasteiger partial charge in [-0.2, -0.15) is 0 Å². The summed E-state index contributed by atoms with van der Waals surface area (Å²) in [5, 5.41) is 0. The average Bonchev–Trinajstić information content (AvgIpc) is 2.95. The van der Waals surface area contributed by atoms with Crippen LogP contribution in [0.25, 0.3) is 0 Å². The molecule has 1 atom stereocenters. The molecule has 1 nitrogen and oxygen atoms in total. The van der Waals surface area contributed by atoms with E-state index in [0.29, 0.717) is 11.7 Å². The molecule has 0 N–H and O–H groups in total. The zero-order valence-corrected chi connectivity index (χ0v) is 6.29. The Bertz CT molecular complexity index is 274. The standard InChI is InChI=1S/C10H10O/c1-2-4-8(5-3-1)9-10(11-9)6-7-10/h1-5,9H,6-7H2. The Morgan fingerprint density at radius 2 is 1.91 bits per heavy atom. The van der Waals surface area contributed by atoms with Gasteiger partial charge in [0.05, 0.1) is 5.60 Å². The van der Waals surface area contributed by atoms with E-state index in [-0.39, 0.29) is 0 Å². The summed E-state index contributed by atoms with van der Waals surface area (Å²) in [6.07, 6.45) is 2.97. The van der Waals surface area contributed by atoms with E-state index in [1.807, 2.05) is 6.07 Å². The van der Waals surface area contributed by atoms with Crippen LogP contribution >= 0.6 is 0 Å². The number of epoxide rings is 1. The van der Waals surface area contributed by atoms with Crippen molar-refractivity contribution in [3.8, 4) is 0 Å². The Balaban J connectivity index is 1.91. The molecule has 2 aliphatic rings. The molecule has 0 amide bonds. The van der Waals surface area contributed by atoms with E-state index < -0.39 is 0 Å². The van der Waals surface area contributed by atoms with Crippen LogP contribution in [-0.4, -0.2) is 5.60 Å². The van der Waals surface area contributed by atoms with Crippen LogP contribution in [0.15, 0.2) is 30.3 Å². The third-order valence-electron chi connectivity index (χ3n) is 2.62. The van der Waals surface area contributed by atoms with Crippen LogP contribution in [0, 0.1) is 0 Å². The van der Waals surface area contributed by atoms with Gasteiger partial charge in [0.2, 0.25) is 0 Å². The molecule has 1 aliphatic carbocycles. The molecule has 1 heteroatoms. The molecule has 1 aliphatic heterocycles. The van der Waals surface area contributed by atoms with Gasteiger partial charge in [-0.3, -0.25) is 0 Å². The lowest BCUT2D eigenvalue weighted by Gasteiger charge is -1.91. The first kappa shape index (κ1) is 5.78. The van der Waals surface area contributed by atoms with Crippen molar-refractivity contribution in [3.63, 3.8) is 0 Å². The van der Waals surface area contributed by atoms with Gasteiger partial charge < -0.3 is 4.74 Å². The maximum absolute atomic E-state index is 5.60. The second-order valence-electron chi connectivity index (χ2n) is 3.47. The summed E-state index contributed by atoms with van der Waals surface area (Å²) in [6.45, 7) is 0. The number of rotatable bonds is 1. The predicted octanol–water partition coefficient (Wildman–Crippen LogP) is 2.29. The Hall–Kier alpha value is -0.820. The van der Waals surface area contributed by atoms with Gasteiger partial charge in [-0.25, -0.2) is 0 Å². The first-order valence-corrected chi connectivity index (χ1v) is 4.13. The topological polar surface area (TPSA) is 12.5 Å². The minimum Gasteiger partial charge on any atom is -0.361 e. The largest absolute Gasteiger partial charge is 0.361 e. The molecule has 0 bridgehead atoms. The van der Waals surface area contributed by atoms with Gasteiger partial charge in [-0.05, 0) is 18.4 Å². The lowest BCUT2D eigenvalue weighted by Crippen LogP contribution is -1.84. The maximum Gasteiger partial charge on any atom is 0.112 e. The van der Waals surface area contributed by atoms with Gasteiger partial charge in [-0.1, -0.05) is 30.3 Å². The molecule has 1 heterocycles. The summed E-state index contributed by atoms with van der Waals surface area (Å²) >= 11 is 0. The Kier molecular flexibility index (Phi) is 0.878. The van der Waals surface area contributed by atoms with Crippen LogP contribution in [-0.2, 0) is 4.74 Å². The lowest BCUT2D eigenvalue weighted by molar-refractivity contribution is 0.366. The van der Waals surface area contributed by atoms with Crippen LogP contribution < -0.4 is 0 Å². The van der Waals surface area contributed by atoms with Crippen molar-refractivity contribution in [2.75, 3.05) is 0 Å². The van der Waals surface area contributed by atoms with Crippen LogP contribution in [0.4, 0.5) is 0 Å². The van der Waals surface area contributed by atoms with Crippen LogP contribution in [0.1, 0.15) is 24.5 Å². The first-order valence-electron chi connectivity index (χ1n) is 4.13. The van der Waals surface area contributed by atoms with E-state index in [1.165, 1.54) is 18.4 Å². The number of benzene rings is 1. The van der Waals surface area contributed by atoms with Crippen molar-refractivity contribution in [1.82, 2.24) is 0 Å². The first-order chi connectivity index (χ1) is 5.41. The molecular weight excluding hydrogens is 136 g/mol. The minimum atomic E-state index is 0.321. The molecule has 3 rings (SSSR count). The fraction of sp³-hybridized carbons (Fsp3) is 0.400. The van der Waals surface area contributed by atoms with Crippen molar-refractivity contribution >= 4 is 0 Å². The second kappa shape index (κ2) is 1.67. The minimum absolute atomic E-state index is 0.321. The molecular formula is C10H10O. The van der Waals surface area contributed by atoms with Gasteiger partial charge in [0, 0.05) is 0 Å². The zero-order valence-electron chi connectivity index (χ0n) is 6.29. The normalized spacial score (nSPS) is 30.4. The molecule has 0 radical (unpaired) electrons. The summed E-state index contributed by atoms with van der Waals surface area (Å²) < 4.78 is 5.60. The summed E-state index contributed by atoms with van der Waals surface area (Å²) in [4.78, 5) is 0. The lowest BCUT2D eigenvalue weighted by atomic mass is 10.1. The fourth-order valence-electron chi connectivity index (χ4n) is 1.70. The Morgan fingerprint density at radius 3 is 2.45 bits per heavy atom. The van der Waals surface area contributed by atoms with Crippen molar-refractivity contribution in [1.29, 1.82) is 0 Å². The smallest absolute Gasteiger partial charge is 0.112 e. The van der Waals surface area contributed by atoms with Crippen molar-refractivity contribution in [2.24, 2.45) is 0 Å². The van der Waals surface area contributed by atoms with Crippen LogP contribution in [0.3, 0.4) is 0 Å². The van der Waals surface area contributed by atoms with E-state index in [4.69, 9.17) is 4.74 Å². The van der Waals surface area contributed by atoms with Gasteiger partial charge in [0.15, 0.2) is 0 Å². The molecule has 56 valence electrons. The monoisotopic (exact) mass is 146 g/mol. The van der Waals surface area contributed by atoms with E-state index in [9.17, 15) is 0 Å². The van der Waals surface area contributed by atoms with E-state index in [0.717, 1.165) is 0 Å². The molecule has 1 aromatic carbocycles. The van der Waals surface area contributed by atoms with Crippen LogP contribution in [0.2, 0.25) is 0 Å². The zero-order chi connectivity index (χ0) is 7.31. The fourth-order valence-corrected chi connectivity index (χ4v) is 1.70. The summed E-state index contributed by atoms with van der Waals surface area (Å²) in [6, 6.07) is 10.5. The molecule has 2 fully saturated rings. The summed E-state index contributed by atoms with van der Waals surface area (Å²) in [5.41, 5.74) is 1.67. The maximum atomic E-state index is 5.60. The van der Waals surface area contributed by atoms with Gasteiger partial charge in [-0.15, -0.1) is 0 Å². The highest BCUT2D eigenvalue weighted by Gasteiger charge is 2.65. The van der Waals surface area contributed by atoms with Gasteiger partial charge in [0.1, 0.15) is 6.10 Å². The van der Waals surface area contributed by atoms with Gasteiger partial charge in [0.25, 0.3) is 0 Å². The third kappa shape index (κ3) is 0.746. The predicted molar refractivity (Wildman–Crippen MR) is 42.2 cm³/mol. The highest BCUT2D eigenvalue weighted by atomic mass is 16.6. The average molecular weight is 146 g/mol. The van der Waals surface area contributed by atoms with Crippen molar-refractivity contribution in [3.05, 3.63) is 35.9 Å². The molecule has 0 aromatic heterocycles. The van der Waals surface area contributed by atoms with Crippen molar-refractivity contribution in [2.45, 2.75) is 24.5 Å². The van der Waals surface area contributed by atoms with Gasteiger partial charge >= 0.3 is 0 Å². The van der Waals surface area contributed by atoms with E-state index in [2.05, 4.69) is 24.3 Å². The van der Waals surface area contributed by atoms with E-state index >= 15 is 0 Å².